The molecule has 1 unspecified atom stereocenters. The van der Waals surface area contributed by atoms with E-state index in [0.29, 0.717) is 18.1 Å². The highest BCUT2D eigenvalue weighted by molar-refractivity contribution is 7.93. The van der Waals surface area contributed by atoms with E-state index in [1.807, 2.05) is 30.3 Å². The number of rotatable bonds is 4. The number of hydrogen-bond acceptors (Lipinski definition) is 6. The Hall–Kier alpha value is -2.64. The second kappa shape index (κ2) is 6.93. The fourth-order valence-electron chi connectivity index (χ4n) is 2.72. The monoisotopic (exact) mass is 366 g/mol. The van der Waals surface area contributed by atoms with E-state index in [2.05, 4.69) is 28.8 Å². The topological polar surface area (TPSA) is 74.2 Å². The Kier molecular flexibility index (Phi) is 4.48. The Morgan fingerprint density at radius 3 is 2.73 bits per heavy atom. The summed E-state index contributed by atoms with van der Waals surface area (Å²) >= 11 is -1.29. The van der Waals surface area contributed by atoms with Crippen molar-refractivity contribution in [3.8, 4) is 11.8 Å². The van der Waals surface area contributed by atoms with Gasteiger partial charge in [-0.15, -0.1) is 0 Å². The summed E-state index contributed by atoms with van der Waals surface area (Å²) in [6.45, 7) is 4.65. The summed E-state index contributed by atoms with van der Waals surface area (Å²) in [5.41, 5.74) is 1.88. The predicted molar refractivity (Wildman–Crippen MR) is 99.5 cm³/mol. The third kappa shape index (κ3) is 3.23. The molecule has 1 aliphatic heterocycles. The van der Waals surface area contributed by atoms with Crippen molar-refractivity contribution in [3.05, 3.63) is 66.1 Å². The molecular formula is C19H18N4O2S. The van der Waals surface area contributed by atoms with Crippen LogP contribution in [0.1, 0.15) is 31.0 Å². The van der Waals surface area contributed by atoms with Crippen LogP contribution in [0.15, 0.2) is 59.8 Å². The van der Waals surface area contributed by atoms with Crippen molar-refractivity contribution < 1.29 is 9.29 Å². The lowest BCUT2D eigenvalue weighted by atomic mass is 10.1. The number of fused-ring (bicyclic) bond motifs is 1. The van der Waals surface area contributed by atoms with Crippen LogP contribution in [0.5, 0.6) is 11.8 Å². The smallest absolute Gasteiger partial charge is 0.324 e. The molecule has 0 aliphatic carbocycles. The van der Waals surface area contributed by atoms with Crippen molar-refractivity contribution in [2.75, 3.05) is 4.31 Å². The Bertz CT molecular complexity index is 920. The molecule has 3 heterocycles. The lowest BCUT2D eigenvalue weighted by Crippen LogP contribution is -2.25. The number of aromatic nitrogens is 3. The first-order valence-corrected chi connectivity index (χ1v) is 9.46. The highest BCUT2D eigenvalue weighted by atomic mass is 32.2. The van der Waals surface area contributed by atoms with Crippen molar-refractivity contribution in [1.29, 1.82) is 0 Å². The zero-order valence-electron chi connectivity index (χ0n) is 14.5. The van der Waals surface area contributed by atoms with Crippen LogP contribution in [-0.2, 0) is 17.9 Å². The van der Waals surface area contributed by atoms with Crippen LogP contribution < -0.4 is 9.04 Å². The van der Waals surface area contributed by atoms with Gasteiger partial charge in [0.2, 0.25) is 0 Å². The molecule has 1 aromatic carbocycles. The van der Waals surface area contributed by atoms with Crippen molar-refractivity contribution in [2.45, 2.75) is 31.2 Å². The SMILES string of the molecule is CC(C)c1cc(N2Cc3ccccc3[S+]2[O-])nc(Oc2cccnc2)n1. The molecule has 1 atom stereocenters. The first kappa shape index (κ1) is 16.8. The standard InChI is InChI=1S/C19H18N4O2S/c1-13(2)16-10-18(22-19(21-16)25-15-7-5-9-20-11-15)23-12-14-6-3-4-8-17(14)26(23)24/h3-11,13H,12H2,1-2H3. The second-order valence-electron chi connectivity index (χ2n) is 6.27. The normalized spacial score (nSPS) is 16.0. The fourth-order valence-corrected chi connectivity index (χ4v) is 4.02. The Morgan fingerprint density at radius 2 is 2.00 bits per heavy atom. The van der Waals surface area contributed by atoms with Gasteiger partial charge in [-0.1, -0.05) is 32.0 Å². The van der Waals surface area contributed by atoms with E-state index in [9.17, 15) is 4.55 Å². The van der Waals surface area contributed by atoms with Crippen LogP contribution in [0.2, 0.25) is 0 Å². The molecule has 0 saturated carbocycles. The number of nitrogens with zero attached hydrogens (tertiary/aromatic N) is 4. The second-order valence-corrected chi connectivity index (χ2v) is 7.65. The van der Waals surface area contributed by atoms with E-state index >= 15 is 0 Å². The van der Waals surface area contributed by atoms with E-state index in [-0.39, 0.29) is 11.9 Å². The minimum atomic E-state index is -1.29. The lowest BCUT2D eigenvalue weighted by molar-refractivity contribution is 0.436. The van der Waals surface area contributed by atoms with Gasteiger partial charge in [-0.3, -0.25) is 4.98 Å². The first-order chi connectivity index (χ1) is 12.6. The largest absolute Gasteiger partial charge is 0.588 e. The van der Waals surface area contributed by atoms with E-state index in [1.54, 1.807) is 28.8 Å². The summed E-state index contributed by atoms with van der Waals surface area (Å²) in [6.07, 6.45) is 3.28. The van der Waals surface area contributed by atoms with Gasteiger partial charge in [-0.2, -0.15) is 14.3 Å². The summed E-state index contributed by atoms with van der Waals surface area (Å²) in [7, 11) is 0. The molecule has 132 valence electrons. The summed E-state index contributed by atoms with van der Waals surface area (Å²) in [6, 6.07) is 13.4. The minimum Gasteiger partial charge on any atom is -0.588 e. The van der Waals surface area contributed by atoms with Crippen LogP contribution in [0.25, 0.3) is 0 Å². The summed E-state index contributed by atoms with van der Waals surface area (Å²) in [5, 5.41) is 0. The van der Waals surface area contributed by atoms with Gasteiger partial charge in [0.05, 0.1) is 18.4 Å². The maximum absolute atomic E-state index is 12.9. The third-order valence-corrected chi connectivity index (χ3v) is 5.57. The van der Waals surface area contributed by atoms with Crippen LogP contribution >= 0.6 is 0 Å². The van der Waals surface area contributed by atoms with E-state index in [1.165, 1.54) is 0 Å². The van der Waals surface area contributed by atoms with Crippen LogP contribution in [-0.4, -0.2) is 19.5 Å². The van der Waals surface area contributed by atoms with Gasteiger partial charge in [-0.05, 0) is 24.1 Å². The Balaban J connectivity index is 1.70. The van der Waals surface area contributed by atoms with Crippen molar-refractivity contribution in [1.82, 2.24) is 15.0 Å². The third-order valence-electron chi connectivity index (χ3n) is 4.08. The number of pyridine rings is 1. The molecule has 1 aliphatic rings. The summed E-state index contributed by atoms with van der Waals surface area (Å²) < 4.78 is 20.4. The molecule has 0 bridgehead atoms. The first-order valence-electron chi connectivity index (χ1n) is 8.36. The summed E-state index contributed by atoms with van der Waals surface area (Å²) in [5.74, 6) is 1.34. The van der Waals surface area contributed by atoms with Gasteiger partial charge in [-0.25, -0.2) is 0 Å². The van der Waals surface area contributed by atoms with E-state index in [4.69, 9.17) is 4.74 Å². The van der Waals surface area contributed by atoms with Gasteiger partial charge in [0.1, 0.15) is 17.1 Å². The molecule has 0 spiro atoms. The van der Waals surface area contributed by atoms with E-state index < -0.39 is 11.4 Å². The van der Waals surface area contributed by atoms with Gasteiger partial charge >= 0.3 is 6.01 Å². The lowest BCUT2D eigenvalue weighted by Gasteiger charge is -2.19. The zero-order chi connectivity index (χ0) is 18.1. The highest BCUT2D eigenvalue weighted by Crippen LogP contribution is 2.35. The number of anilines is 1. The Labute approximate surface area is 155 Å². The molecule has 0 fully saturated rings. The average molecular weight is 366 g/mol. The summed E-state index contributed by atoms with van der Waals surface area (Å²) in [4.78, 5) is 13.8. The average Bonchev–Trinajstić information content (AvgIpc) is 2.99. The van der Waals surface area contributed by atoms with Crippen LogP contribution in [0.4, 0.5) is 5.82 Å². The minimum absolute atomic E-state index is 0.186. The van der Waals surface area contributed by atoms with Gasteiger partial charge < -0.3 is 9.29 Å². The van der Waals surface area contributed by atoms with Crippen molar-refractivity contribution in [2.24, 2.45) is 0 Å². The highest BCUT2D eigenvalue weighted by Gasteiger charge is 2.35. The molecular weight excluding hydrogens is 348 g/mol. The molecule has 6 nitrogen and oxygen atoms in total. The molecule has 0 amide bonds. The molecule has 2 aromatic heterocycles. The number of hydrogen-bond donors (Lipinski definition) is 0. The fraction of sp³-hybridized carbons (Fsp3) is 0.211. The molecule has 0 saturated heterocycles. The predicted octanol–water partition coefficient (Wildman–Crippen LogP) is 3.83. The quantitative estimate of drug-likeness (QED) is 0.653. The van der Waals surface area contributed by atoms with Crippen LogP contribution in [0.3, 0.4) is 0 Å². The molecule has 0 radical (unpaired) electrons. The Morgan fingerprint density at radius 1 is 1.15 bits per heavy atom. The van der Waals surface area contributed by atoms with Crippen LogP contribution in [0, 0.1) is 0 Å². The maximum Gasteiger partial charge on any atom is 0.324 e. The molecule has 0 N–H and O–H groups in total. The zero-order valence-corrected chi connectivity index (χ0v) is 15.3. The molecule has 3 aromatic rings. The number of ether oxygens (including phenoxy) is 1. The molecule has 7 heteroatoms. The van der Waals surface area contributed by atoms with Gasteiger partial charge in [0.25, 0.3) is 0 Å². The van der Waals surface area contributed by atoms with Gasteiger partial charge in [0.15, 0.2) is 10.7 Å². The van der Waals surface area contributed by atoms with Crippen molar-refractivity contribution >= 4 is 17.2 Å². The molecule has 4 rings (SSSR count). The maximum atomic E-state index is 12.9. The van der Waals surface area contributed by atoms with E-state index in [0.717, 1.165) is 16.2 Å². The van der Waals surface area contributed by atoms with Crippen molar-refractivity contribution in [3.63, 3.8) is 0 Å². The number of benzene rings is 1. The van der Waals surface area contributed by atoms with Gasteiger partial charge in [0, 0.05) is 17.8 Å². The molecule has 26 heavy (non-hydrogen) atoms.